The number of aliphatic hydroxyl groups excluding tert-OH is 1. The largest absolute Gasteiger partial charge is 0.395 e. The lowest BCUT2D eigenvalue weighted by Gasteiger charge is -2.40. The minimum Gasteiger partial charge on any atom is -0.395 e. The van der Waals surface area contributed by atoms with Crippen LogP contribution in [0.1, 0.15) is 12.5 Å². The molecule has 3 aliphatic heterocycles. The minimum absolute atomic E-state index is 0.0290. The van der Waals surface area contributed by atoms with Crippen molar-refractivity contribution in [3.63, 3.8) is 0 Å². The molecule has 2 unspecified atom stereocenters. The fraction of sp³-hybridized carbons (Fsp3) is 0.389. The molecule has 1 saturated heterocycles. The zero-order chi connectivity index (χ0) is 19.3. The summed E-state index contributed by atoms with van der Waals surface area (Å²) in [5.74, 6) is 0.310. The number of nitrogens with zero attached hydrogens (tertiary/aromatic N) is 5. The Morgan fingerprint density at radius 2 is 1.89 bits per heavy atom. The molecule has 3 aliphatic rings. The Kier molecular flexibility index (Phi) is 4.32. The van der Waals surface area contributed by atoms with Crippen molar-refractivity contribution in [2.45, 2.75) is 25.7 Å². The second-order valence-corrected chi connectivity index (χ2v) is 7.22. The van der Waals surface area contributed by atoms with E-state index in [-0.39, 0.29) is 25.1 Å². The van der Waals surface area contributed by atoms with Crippen LogP contribution < -0.4 is 0 Å². The van der Waals surface area contributed by atoms with E-state index in [4.69, 9.17) is 11.6 Å². The first-order valence-electron chi connectivity index (χ1n) is 8.68. The van der Waals surface area contributed by atoms with E-state index in [0.717, 1.165) is 11.3 Å². The summed E-state index contributed by atoms with van der Waals surface area (Å²) in [4.78, 5) is 37.0. The Morgan fingerprint density at radius 3 is 2.56 bits per heavy atom. The number of carbonyl (C=O) groups is 2. The molecule has 0 aliphatic carbocycles. The van der Waals surface area contributed by atoms with Crippen LogP contribution in [0.4, 0.5) is 4.79 Å². The van der Waals surface area contributed by atoms with Crippen LogP contribution in [-0.2, 0) is 11.3 Å². The normalized spacial score (nSPS) is 24.3. The second-order valence-electron chi connectivity index (χ2n) is 6.78. The van der Waals surface area contributed by atoms with E-state index in [9.17, 15) is 14.7 Å². The Bertz CT molecular complexity index is 853. The van der Waals surface area contributed by atoms with Crippen LogP contribution in [0, 0.1) is 0 Å². The van der Waals surface area contributed by atoms with Crippen molar-refractivity contribution in [3.05, 3.63) is 46.7 Å². The topological polar surface area (TPSA) is 79.7 Å². The molecule has 2 atom stereocenters. The number of aliphatic imine (C=N–C) groups is 1. The molecule has 0 aromatic heterocycles. The highest BCUT2D eigenvalue weighted by molar-refractivity contribution is 6.30. The molecule has 0 bridgehead atoms. The van der Waals surface area contributed by atoms with Crippen molar-refractivity contribution in [1.82, 2.24) is 19.6 Å². The lowest BCUT2D eigenvalue weighted by atomic mass is 10.1. The van der Waals surface area contributed by atoms with Gasteiger partial charge in [0.05, 0.1) is 13.2 Å². The Labute approximate surface area is 161 Å². The molecule has 0 saturated carbocycles. The number of hydrogen-bond acceptors (Lipinski definition) is 6. The SMILES string of the molecule is CC1=CN2C(=NC3C2C(=O)N(Cc2ccc(Cl)cc2)C(=O)N3C)N1CCO. The number of carbonyl (C=O) groups excluding carboxylic acids is 2. The first kappa shape index (κ1) is 17.8. The monoisotopic (exact) mass is 389 g/mol. The van der Waals surface area contributed by atoms with Gasteiger partial charge in [-0.2, -0.15) is 0 Å². The number of guanidine groups is 1. The van der Waals surface area contributed by atoms with E-state index < -0.39 is 12.2 Å². The number of urea groups is 1. The third-order valence-corrected chi connectivity index (χ3v) is 5.33. The van der Waals surface area contributed by atoms with E-state index >= 15 is 0 Å². The highest BCUT2D eigenvalue weighted by Crippen LogP contribution is 2.34. The van der Waals surface area contributed by atoms with Gasteiger partial charge in [-0.3, -0.25) is 9.69 Å². The molecule has 3 heterocycles. The number of fused-ring (bicyclic) bond motifs is 3. The standard InChI is InChI=1S/C18H20ClN5O3/c1-11-9-23-14-15(20-17(23)22(11)7-8-25)21(2)18(27)24(16(14)26)10-12-3-5-13(19)6-4-12/h3-6,9,14-15,25H,7-8,10H2,1-2H3. The Morgan fingerprint density at radius 1 is 1.19 bits per heavy atom. The number of hydrogen-bond donors (Lipinski definition) is 1. The predicted octanol–water partition coefficient (Wildman–Crippen LogP) is 1.27. The fourth-order valence-electron chi connectivity index (χ4n) is 3.70. The van der Waals surface area contributed by atoms with Gasteiger partial charge in [-0.05, 0) is 24.6 Å². The van der Waals surface area contributed by atoms with Crippen molar-refractivity contribution < 1.29 is 14.7 Å². The van der Waals surface area contributed by atoms with Gasteiger partial charge in [0.15, 0.2) is 12.2 Å². The number of amides is 3. The van der Waals surface area contributed by atoms with Gasteiger partial charge in [0, 0.05) is 30.5 Å². The van der Waals surface area contributed by atoms with Crippen molar-refractivity contribution in [1.29, 1.82) is 0 Å². The third-order valence-electron chi connectivity index (χ3n) is 5.08. The van der Waals surface area contributed by atoms with Gasteiger partial charge in [-0.25, -0.2) is 9.79 Å². The fourth-order valence-corrected chi connectivity index (χ4v) is 3.82. The average Bonchev–Trinajstić information content (AvgIpc) is 3.15. The maximum atomic E-state index is 13.2. The van der Waals surface area contributed by atoms with Crippen LogP contribution in [0.2, 0.25) is 5.02 Å². The summed E-state index contributed by atoms with van der Waals surface area (Å²) in [5, 5.41) is 9.90. The zero-order valence-corrected chi connectivity index (χ0v) is 15.8. The summed E-state index contributed by atoms with van der Waals surface area (Å²) in [5.41, 5.74) is 1.72. The highest BCUT2D eigenvalue weighted by Gasteiger charge is 2.54. The lowest BCUT2D eigenvalue weighted by molar-refractivity contribution is -0.137. The summed E-state index contributed by atoms with van der Waals surface area (Å²) < 4.78 is 0. The van der Waals surface area contributed by atoms with E-state index in [1.165, 1.54) is 9.80 Å². The van der Waals surface area contributed by atoms with Gasteiger partial charge in [0.2, 0.25) is 5.96 Å². The predicted molar refractivity (Wildman–Crippen MR) is 99.6 cm³/mol. The molecule has 3 amide bonds. The number of rotatable bonds is 4. The summed E-state index contributed by atoms with van der Waals surface area (Å²) in [6, 6.07) is 6.09. The van der Waals surface area contributed by atoms with Crippen molar-refractivity contribution in [3.8, 4) is 0 Å². The quantitative estimate of drug-likeness (QED) is 0.838. The van der Waals surface area contributed by atoms with Crippen LogP contribution >= 0.6 is 11.6 Å². The van der Waals surface area contributed by atoms with Gasteiger partial charge >= 0.3 is 6.03 Å². The van der Waals surface area contributed by atoms with Gasteiger partial charge in [-0.15, -0.1) is 0 Å². The van der Waals surface area contributed by atoms with Crippen LogP contribution in [-0.4, -0.2) is 75.0 Å². The number of likely N-dealkylation sites (N-methyl/N-ethyl adjacent to an activating group) is 1. The molecule has 0 radical (unpaired) electrons. The molecule has 1 fully saturated rings. The van der Waals surface area contributed by atoms with Gasteiger partial charge < -0.3 is 19.8 Å². The van der Waals surface area contributed by atoms with E-state index in [0.29, 0.717) is 17.5 Å². The molecule has 1 N–H and O–H groups in total. The molecule has 9 heteroatoms. The van der Waals surface area contributed by atoms with E-state index in [1.807, 2.05) is 18.0 Å². The van der Waals surface area contributed by atoms with Crippen LogP contribution in [0.3, 0.4) is 0 Å². The van der Waals surface area contributed by atoms with Crippen molar-refractivity contribution >= 4 is 29.5 Å². The number of halogens is 1. The van der Waals surface area contributed by atoms with Gasteiger partial charge in [0.25, 0.3) is 5.91 Å². The average molecular weight is 390 g/mol. The van der Waals surface area contributed by atoms with Gasteiger partial charge in [0.1, 0.15) is 0 Å². The molecule has 1 aromatic carbocycles. The maximum Gasteiger partial charge on any atom is 0.328 e. The first-order chi connectivity index (χ1) is 12.9. The molecule has 27 heavy (non-hydrogen) atoms. The maximum absolute atomic E-state index is 13.2. The Hall–Kier alpha value is -2.58. The molecule has 4 rings (SSSR count). The minimum atomic E-state index is -0.603. The van der Waals surface area contributed by atoms with E-state index in [1.54, 1.807) is 36.2 Å². The van der Waals surface area contributed by atoms with Crippen LogP contribution in [0.15, 0.2) is 41.2 Å². The molecule has 142 valence electrons. The molecule has 1 aromatic rings. The molecular formula is C18H20ClN5O3. The number of imide groups is 1. The van der Waals surface area contributed by atoms with Crippen LogP contribution in [0.25, 0.3) is 0 Å². The smallest absolute Gasteiger partial charge is 0.328 e. The second kappa shape index (κ2) is 6.54. The third kappa shape index (κ3) is 2.76. The number of allylic oxidation sites excluding steroid dienone is 1. The van der Waals surface area contributed by atoms with Gasteiger partial charge in [-0.1, -0.05) is 23.7 Å². The molecule has 8 nitrogen and oxygen atoms in total. The number of aliphatic hydroxyl groups is 1. The molecular weight excluding hydrogens is 370 g/mol. The number of benzene rings is 1. The summed E-state index contributed by atoms with van der Waals surface area (Å²) >= 11 is 5.92. The summed E-state index contributed by atoms with van der Waals surface area (Å²) in [6.07, 6.45) is 1.27. The van der Waals surface area contributed by atoms with Crippen molar-refractivity contribution in [2.75, 3.05) is 20.2 Å². The highest BCUT2D eigenvalue weighted by atomic mass is 35.5. The molecule has 0 spiro atoms. The summed E-state index contributed by atoms with van der Waals surface area (Å²) in [6.45, 7) is 2.43. The van der Waals surface area contributed by atoms with E-state index in [2.05, 4.69) is 4.99 Å². The first-order valence-corrected chi connectivity index (χ1v) is 9.05. The summed E-state index contributed by atoms with van der Waals surface area (Å²) in [7, 11) is 1.65. The Balaban J connectivity index is 1.63. The lowest BCUT2D eigenvalue weighted by Crippen LogP contribution is -2.63. The van der Waals surface area contributed by atoms with Crippen LogP contribution in [0.5, 0.6) is 0 Å². The van der Waals surface area contributed by atoms with Crippen molar-refractivity contribution in [2.24, 2.45) is 4.99 Å². The zero-order valence-electron chi connectivity index (χ0n) is 15.0. The number of β-amino-alcohol motifs (C(OH)–C–C–N with tert-alkyl or cyclic N) is 1.